The first-order chi connectivity index (χ1) is 9.12. The highest BCUT2D eigenvalue weighted by Gasteiger charge is 2.38. The van der Waals surface area contributed by atoms with Gasteiger partial charge in [0.05, 0.1) is 0 Å². The van der Waals surface area contributed by atoms with E-state index in [1.807, 2.05) is 0 Å². The quantitative estimate of drug-likeness (QED) is 0.827. The van der Waals surface area contributed by atoms with Gasteiger partial charge >= 0.3 is 12.1 Å². The third-order valence-corrected chi connectivity index (χ3v) is 3.29. The van der Waals surface area contributed by atoms with Gasteiger partial charge in [0, 0.05) is 13.2 Å². The van der Waals surface area contributed by atoms with Gasteiger partial charge in [0.25, 0.3) is 0 Å². The predicted octanol–water partition coefficient (Wildman–Crippen LogP) is 2.17. The standard InChI is InChI=1S/C14H25NO5/c1-13(2,3)20-12(18)15-14(4,11(16)17)9-10-5-7-19-8-6-10/h10H,5-9H2,1-4H3,(H,15,18)(H,16,17). The lowest BCUT2D eigenvalue weighted by atomic mass is 9.85. The Morgan fingerprint density at radius 2 is 1.80 bits per heavy atom. The van der Waals surface area contributed by atoms with Crippen LogP contribution in [0.4, 0.5) is 4.79 Å². The summed E-state index contributed by atoms with van der Waals surface area (Å²) in [4.78, 5) is 23.3. The second-order valence-corrected chi connectivity index (χ2v) is 6.52. The molecule has 1 amide bonds. The number of alkyl carbamates (subject to hydrolysis) is 1. The van der Waals surface area contributed by atoms with Gasteiger partial charge in [0.2, 0.25) is 0 Å². The minimum atomic E-state index is -1.32. The number of carbonyl (C=O) groups is 2. The maximum absolute atomic E-state index is 11.8. The Labute approximate surface area is 119 Å². The maximum atomic E-state index is 11.8. The monoisotopic (exact) mass is 287 g/mol. The molecule has 116 valence electrons. The van der Waals surface area contributed by atoms with E-state index in [0.717, 1.165) is 12.8 Å². The van der Waals surface area contributed by atoms with Gasteiger partial charge in [-0.25, -0.2) is 9.59 Å². The molecule has 1 atom stereocenters. The molecule has 1 aliphatic rings. The van der Waals surface area contributed by atoms with Crippen molar-refractivity contribution >= 4 is 12.1 Å². The number of carboxylic acids is 1. The van der Waals surface area contributed by atoms with Crippen LogP contribution < -0.4 is 5.32 Å². The molecule has 1 fully saturated rings. The minimum absolute atomic E-state index is 0.236. The SMILES string of the molecule is CC(C)(C)OC(=O)NC(C)(CC1CCOCC1)C(=O)O. The lowest BCUT2D eigenvalue weighted by Gasteiger charge is -2.33. The molecule has 6 heteroatoms. The van der Waals surface area contributed by atoms with E-state index in [4.69, 9.17) is 9.47 Å². The molecule has 0 aromatic heterocycles. The number of carbonyl (C=O) groups excluding carboxylic acids is 1. The second-order valence-electron chi connectivity index (χ2n) is 6.52. The zero-order chi connectivity index (χ0) is 15.4. The molecule has 6 nitrogen and oxygen atoms in total. The van der Waals surface area contributed by atoms with E-state index < -0.39 is 23.2 Å². The van der Waals surface area contributed by atoms with Crippen molar-refractivity contribution in [3.05, 3.63) is 0 Å². The molecule has 1 aliphatic heterocycles. The van der Waals surface area contributed by atoms with Crippen LogP contribution >= 0.6 is 0 Å². The van der Waals surface area contributed by atoms with Gasteiger partial charge < -0.3 is 19.9 Å². The van der Waals surface area contributed by atoms with Crippen LogP contribution in [0.2, 0.25) is 0 Å². The summed E-state index contributed by atoms with van der Waals surface area (Å²) in [6.45, 7) is 8.03. The van der Waals surface area contributed by atoms with Gasteiger partial charge in [-0.05, 0) is 52.9 Å². The molecule has 2 N–H and O–H groups in total. The van der Waals surface area contributed by atoms with Crippen LogP contribution in [0, 0.1) is 5.92 Å². The van der Waals surface area contributed by atoms with E-state index in [2.05, 4.69) is 5.32 Å². The molecule has 0 bridgehead atoms. The molecular formula is C14H25NO5. The summed E-state index contributed by atoms with van der Waals surface area (Å²) < 4.78 is 10.4. The zero-order valence-corrected chi connectivity index (χ0v) is 12.7. The van der Waals surface area contributed by atoms with Gasteiger partial charge in [0.1, 0.15) is 11.1 Å². The number of hydrogen-bond donors (Lipinski definition) is 2. The summed E-state index contributed by atoms with van der Waals surface area (Å²) in [7, 11) is 0. The van der Waals surface area contributed by atoms with Crippen molar-refractivity contribution < 1.29 is 24.2 Å². The van der Waals surface area contributed by atoms with Crippen LogP contribution in [0.1, 0.15) is 47.0 Å². The second kappa shape index (κ2) is 6.43. The highest BCUT2D eigenvalue weighted by Crippen LogP contribution is 2.26. The Kier molecular flexibility index (Phi) is 5.39. The molecule has 1 saturated heterocycles. The van der Waals surface area contributed by atoms with Crippen LogP contribution in [-0.4, -0.2) is 41.5 Å². The van der Waals surface area contributed by atoms with E-state index in [1.54, 1.807) is 20.8 Å². The van der Waals surface area contributed by atoms with Crippen LogP contribution in [0.25, 0.3) is 0 Å². The summed E-state index contributed by atoms with van der Waals surface area (Å²) in [5.74, 6) is -0.811. The maximum Gasteiger partial charge on any atom is 0.408 e. The fourth-order valence-corrected chi connectivity index (χ4v) is 2.25. The molecule has 0 aromatic carbocycles. The van der Waals surface area contributed by atoms with Crippen molar-refractivity contribution in [3.63, 3.8) is 0 Å². The topological polar surface area (TPSA) is 84.9 Å². The molecular weight excluding hydrogens is 262 g/mol. The molecule has 0 aliphatic carbocycles. The molecule has 0 spiro atoms. The third kappa shape index (κ3) is 5.36. The Bertz CT molecular complexity index is 357. The summed E-state index contributed by atoms with van der Waals surface area (Å²) >= 11 is 0. The van der Waals surface area contributed by atoms with Crippen molar-refractivity contribution in [2.24, 2.45) is 5.92 Å². The number of hydrogen-bond acceptors (Lipinski definition) is 4. The number of nitrogens with one attached hydrogen (secondary N) is 1. The lowest BCUT2D eigenvalue weighted by molar-refractivity contribution is -0.145. The first kappa shape index (κ1) is 16.8. The number of carboxylic acid groups (broad SMARTS) is 1. The van der Waals surface area contributed by atoms with Crippen molar-refractivity contribution in [1.82, 2.24) is 5.32 Å². The van der Waals surface area contributed by atoms with E-state index in [-0.39, 0.29) is 5.92 Å². The average Bonchev–Trinajstić information content (AvgIpc) is 2.26. The Morgan fingerprint density at radius 3 is 2.25 bits per heavy atom. The summed E-state index contributed by atoms with van der Waals surface area (Å²) in [5.41, 5.74) is -1.97. The highest BCUT2D eigenvalue weighted by molar-refractivity contribution is 5.84. The molecule has 1 rings (SSSR count). The Morgan fingerprint density at radius 1 is 1.25 bits per heavy atom. The van der Waals surface area contributed by atoms with E-state index in [1.165, 1.54) is 6.92 Å². The van der Waals surface area contributed by atoms with Crippen molar-refractivity contribution in [2.75, 3.05) is 13.2 Å². The number of ether oxygens (including phenoxy) is 2. The van der Waals surface area contributed by atoms with Gasteiger partial charge in [0.15, 0.2) is 0 Å². The first-order valence-corrected chi connectivity index (χ1v) is 6.95. The summed E-state index contributed by atoms with van der Waals surface area (Å²) in [5, 5.41) is 11.9. The van der Waals surface area contributed by atoms with Crippen LogP contribution in [0.5, 0.6) is 0 Å². The van der Waals surface area contributed by atoms with Gasteiger partial charge in [-0.1, -0.05) is 0 Å². The smallest absolute Gasteiger partial charge is 0.408 e. The lowest BCUT2D eigenvalue weighted by Crippen LogP contribution is -2.54. The van der Waals surface area contributed by atoms with Gasteiger partial charge in [-0.3, -0.25) is 0 Å². The Hall–Kier alpha value is -1.30. The molecule has 0 radical (unpaired) electrons. The largest absolute Gasteiger partial charge is 0.480 e. The fraction of sp³-hybridized carbons (Fsp3) is 0.857. The highest BCUT2D eigenvalue weighted by atomic mass is 16.6. The van der Waals surface area contributed by atoms with Crippen molar-refractivity contribution in [3.8, 4) is 0 Å². The molecule has 1 heterocycles. The summed E-state index contributed by atoms with van der Waals surface area (Å²) in [6.07, 6.45) is 1.32. The van der Waals surface area contributed by atoms with Crippen LogP contribution in [0.3, 0.4) is 0 Å². The number of aliphatic carboxylic acids is 1. The number of rotatable bonds is 4. The predicted molar refractivity (Wildman–Crippen MR) is 73.6 cm³/mol. The number of amides is 1. The molecule has 1 unspecified atom stereocenters. The van der Waals surface area contributed by atoms with E-state index >= 15 is 0 Å². The van der Waals surface area contributed by atoms with Crippen molar-refractivity contribution in [2.45, 2.75) is 58.1 Å². The first-order valence-electron chi connectivity index (χ1n) is 6.95. The van der Waals surface area contributed by atoms with Crippen LogP contribution in [-0.2, 0) is 14.3 Å². The van der Waals surface area contributed by atoms with E-state index in [0.29, 0.717) is 19.6 Å². The Balaban J connectivity index is 2.65. The van der Waals surface area contributed by atoms with Gasteiger partial charge in [-0.15, -0.1) is 0 Å². The minimum Gasteiger partial charge on any atom is -0.480 e. The molecule has 20 heavy (non-hydrogen) atoms. The fourth-order valence-electron chi connectivity index (χ4n) is 2.25. The van der Waals surface area contributed by atoms with Gasteiger partial charge in [-0.2, -0.15) is 0 Å². The molecule has 0 aromatic rings. The zero-order valence-electron chi connectivity index (χ0n) is 12.7. The van der Waals surface area contributed by atoms with Crippen molar-refractivity contribution in [1.29, 1.82) is 0 Å². The average molecular weight is 287 g/mol. The summed E-state index contributed by atoms with van der Waals surface area (Å²) in [6, 6.07) is 0. The normalized spacial score (nSPS) is 20.0. The van der Waals surface area contributed by atoms with E-state index in [9.17, 15) is 14.7 Å². The van der Waals surface area contributed by atoms with Crippen LogP contribution in [0.15, 0.2) is 0 Å². The molecule has 0 saturated carbocycles. The third-order valence-electron chi connectivity index (χ3n) is 3.29.